The van der Waals surface area contributed by atoms with Gasteiger partial charge in [0.25, 0.3) is 0 Å². The molecule has 2 unspecified atom stereocenters. The molecule has 1 aromatic carbocycles. The number of carbonyl (C=O) groups is 1. The minimum atomic E-state index is -0.133. The fraction of sp³-hybridized carbons (Fsp3) is 0.600. The van der Waals surface area contributed by atoms with Gasteiger partial charge in [0, 0.05) is 30.2 Å². The van der Waals surface area contributed by atoms with Crippen LogP contribution in [0.3, 0.4) is 0 Å². The van der Waals surface area contributed by atoms with E-state index in [0.29, 0.717) is 16.7 Å². The van der Waals surface area contributed by atoms with E-state index in [4.69, 9.17) is 9.72 Å². The first-order chi connectivity index (χ1) is 16.4. The van der Waals surface area contributed by atoms with E-state index in [1.807, 2.05) is 11.3 Å². The maximum Gasteiger partial charge on any atom is 0.302 e. The van der Waals surface area contributed by atoms with E-state index in [9.17, 15) is 4.79 Å². The Labute approximate surface area is 208 Å². The lowest BCUT2D eigenvalue weighted by atomic mass is 9.47. The summed E-state index contributed by atoms with van der Waals surface area (Å²) in [5.41, 5.74) is 4.61. The number of thiazole rings is 1. The van der Waals surface area contributed by atoms with Gasteiger partial charge in [-0.1, -0.05) is 55.8 Å². The van der Waals surface area contributed by atoms with Gasteiger partial charge >= 0.3 is 5.97 Å². The molecule has 0 spiro atoms. The summed E-state index contributed by atoms with van der Waals surface area (Å²) >= 11 is 1.88. The van der Waals surface area contributed by atoms with Crippen molar-refractivity contribution in [2.75, 3.05) is 0 Å². The lowest BCUT2D eigenvalue weighted by molar-refractivity contribution is -0.148. The molecule has 0 saturated heterocycles. The number of aromatic nitrogens is 1. The molecule has 3 fully saturated rings. The highest BCUT2D eigenvalue weighted by Crippen LogP contribution is 2.68. The van der Waals surface area contributed by atoms with Crippen LogP contribution in [0.1, 0.15) is 83.1 Å². The Morgan fingerprint density at radius 1 is 1.06 bits per heavy atom. The zero-order chi connectivity index (χ0) is 23.5. The number of rotatable bonds is 3. The average molecular weight is 476 g/mol. The first-order valence-corrected chi connectivity index (χ1v) is 14.1. The van der Waals surface area contributed by atoms with Gasteiger partial charge in [-0.2, -0.15) is 0 Å². The molecule has 2 aromatic rings. The topological polar surface area (TPSA) is 39.2 Å². The minimum absolute atomic E-state index is 0.0850. The van der Waals surface area contributed by atoms with Gasteiger partial charge in [-0.05, 0) is 73.5 Å². The maximum absolute atomic E-state index is 11.5. The number of fused-ring (bicyclic) bond motifs is 5. The Balaban J connectivity index is 1.24. The molecule has 4 heteroatoms. The van der Waals surface area contributed by atoms with Crippen LogP contribution >= 0.6 is 11.3 Å². The number of allylic oxidation sites excluding steroid dienone is 1. The molecule has 180 valence electrons. The highest BCUT2D eigenvalue weighted by Gasteiger charge is 2.59. The molecule has 34 heavy (non-hydrogen) atoms. The van der Waals surface area contributed by atoms with Crippen LogP contribution in [0.15, 0.2) is 47.4 Å². The molecule has 0 aliphatic heterocycles. The third kappa shape index (κ3) is 3.51. The molecule has 0 bridgehead atoms. The summed E-state index contributed by atoms with van der Waals surface area (Å²) in [6, 6.07) is 10.6. The van der Waals surface area contributed by atoms with Gasteiger partial charge in [0.05, 0.1) is 10.7 Å². The lowest BCUT2D eigenvalue weighted by Gasteiger charge is -2.58. The SMILES string of the molecule is CC(=O)OC1CC[C@@]2(C)C(=CC[C@@H]3[C@@H]2CC[C@]2(C)C(c4nc(-c5ccccc5)cs4)CC[C@@H]32)C1. The molecule has 1 aromatic heterocycles. The molecule has 3 nitrogen and oxygen atoms in total. The van der Waals surface area contributed by atoms with Crippen LogP contribution in [0.2, 0.25) is 0 Å². The number of ether oxygens (including phenoxy) is 1. The molecule has 4 aliphatic rings. The minimum Gasteiger partial charge on any atom is -0.462 e. The van der Waals surface area contributed by atoms with Gasteiger partial charge in [0.1, 0.15) is 6.10 Å². The molecule has 7 atom stereocenters. The molecule has 1 heterocycles. The van der Waals surface area contributed by atoms with E-state index in [2.05, 4.69) is 55.6 Å². The van der Waals surface area contributed by atoms with Crippen LogP contribution in [-0.2, 0) is 9.53 Å². The van der Waals surface area contributed by atoms with Crippen LogP contribution in [0.5, 0.6) is 0 Å². The van der Waals surface area contributed by atoms with Crippen molar-refractivity contribution in [2.45, 2.75) is 84.2 Å². The smallest absolute Gasteiger partial charge is 0.302 e. The summed E-state index contributed by atoms with van der Waals surface area (Å²) in [5.74, 6) is 2.82. The van der Waals surface area contributed by atoms with E-state index < -0.39 is 0 Å². The summed E-state index contributed by atoms with van der Waals surface area (Å²) < 4.78 is 5.62. The number of carbonyl (C=O) groups excluding carboxylic acids is 1. The zero-order valence-corrected chi connectivity index (χ0v) is 21.6. The van der Waals surface area contributed by atoms with E-state index in [-0.39, 0.29) is 12.1 Å². The van der Waals surface area contributed by atoms with Gasteiger partial charge in [-0.25, -0.2) is 4.98 Å². The number of nitrogens with zero attached hydrogens (tertiary/aromatic N) is 1. The fourth-order valence-corrected chi connectivity index (χ4v) is 9.68. The van der Waals surface area contributed by atoms with E-state index in [1.165, 1.54) is 42.7 Å². The van der Waals surface area contributed by atoms with Gasteiger partial charge in [0.15, 0.2) is 0 Å². The summed E-state index contributed by atoms with van der Waals surface area (Å²) in [7, 11) is 0. The van der Waals surface area contributed by atoms with Crippen LogP contribution in [-0.4, -0.2) is 17.1 Å². The Kier molecular flexibility index (Phi) is 5.51. The van der Waals surface area contributed by atoms with Gasteiger partial charge in [-0.15, -0.1) is 11.3 Å². The van der Waals surface area contributed by atoms with Crippen LogP contribution < -0.4 is 0 Å². The number of benzene rings is 1. The first kappa shape index (κ1) is 22.5. The highest BCUT2D eigenvalue weighted by atomic mass is 32.1. The van der Waals surface area contributed by atoms with Crippen molar-refractivity contribution in [1.29, 1.82) is 0 Å². The Morgan fingerprint density at radius 2 is 1.88 bits per heavy atom. The Morgan fingerprint density at radius 3 is 2.68 bits per heavy atom. The third-order valence-electron chi connectivity index (χ3n) is 10.3. The molecule has 0 radical (unpaired) electrons. The van der Waals surface area contributed by atoms with Crippen molar-refractivity contribution in [3.8, 4) is 11.3 Å². The summed E-state index contributed by atoms with van der Waals surface area (Å²) in [6.07, 6.45) is 12.3. The second-order valence-corrected chi connectivity index (χ2v) is 12.7. The lowest BCUT2D eigenvalue weighted by Crippen LogP contribution is -2.50. The van der Waals surface area contributed by atoms with Gasteiger partial charge in [0.2, 0.25) is 0 Å². The molecule has 0 N–H and O–H groups in total. The predicted molar refractivity (Wildman–Crippen MR) is 138 cm³/mol. The monoisotopic (exact) mass is 475 g/mol. The molecule has 6 rings (SSSR count). The van der Waals surface area contributed by atoms with Crippen molar-refractivity contribution in [1.82, 2.24) is 4.98 Å². The quantitative estimate of drug-likeness (QED) is 0.336. The molecular weight excluding hydrogens is 438 g/mol. The predicted octanol–water partition coefficient (Wildman–Crippen LogP) is 7.79. The van der Waals surface area contributed by atoms with Crippen molar-refractivity contribution < 1.29 is 9.53 Å². The molecule has 3 saturated carbocycles. The van der Waals surface area contributed by atoms with Crippen LogP contribution in [0.25, 0.3) is 11.3 Å². The summed E-state index contributed by atoms with van der Waals surface area (Å²) in [6.45, 7) is 6.67. The highest BCUT2D eigenvalue weighted by molar-refractivity contribution is 7.10. The summed E-state index contributed by atoms with van der Waals surface area (Å²) in [4.78, 5) is 16.7. The van der Waals surface area contributed by atoms with E-state index in [1.54, 1.807) is 12.5 Å². The zero-order valence-electron chi connectivity index (χ0n) is 20.8. The van der Waals surface area contributed by atoms with Gasteiger partial charge < -0.3 is 4.74 Å². The molecule has 4 aliphatic carbocycles. The fourth-order valence-electron chi connectivity index (χ4n) is 8.56. The van der Waals surface area contributed by atoms with E-state index >= 15 is 0 Å². The van der Waals surface area contributed by atoms with Gasteiger partial charge in [-0.3, -0.25) is 4.79 Å². The van der Waals surface area contributed by atoms with Crippen molar-refractivity contribution in [2.24, 2.45) is 28.6 Å². The average Bonchev–Trinajstić information content (AvgIpc) is 3.44. The molecule has 0 amide bonds. The summed E-state index contributed by atoms with van der Waals surface area (Å²) in [5, 5.41) is 3.63. The first-order valence-electron chi connectivity index (χ1n) is 13.3. The van der Waals surface area contributed by atoms with E-state index in [0.717, 1.165) is 42.7 Å². The normalized spacial score (nSPS) is 38.9. The second-order valence-electron chi connectivity index (χ2n) is 11.8. The van der Waals surface area contributed by atoms with Crippen LogP contribution in [0.4, 0.5) is 0 Å². The van der Waals surface area contributed by atoms with Crippen molar-refractivity contribution in [3.05, 3.63) is 52.4 Å². The second kappa shape index (κ2) is 8.33. The maximum atomic E-state index is 11.5. The number of hydrogen-bond acceptors (Lipinski definition) is 4. The standard InChI is InChI=1S/C30H37NO2S/c1-19(32)33-22-13-15-29(2)21(17-22)9-10-23-24-11-12-26(30(24,3)16-14-25(23)29)28-31-27(18-34-28)20-7-5-4-6-8-20/h4-9,18,22-26H,10-17H2,1-3H3/t22?,23-,24-,25-,26?,29-,30-/m0/s1. The Hall–Kier alpha value is -1.94. The van der Waals surface area contributed by atoms with Crippen molar-refractivity contribution >= 4 is 17.3 Å². The largest absolute Gasteiger partial charge is 0.462 e. The van der Waals surface area contributed by atoms with Crippen LogP contribution in [0, 0.1) is 28.6 Å². The number of hydrogen-bond donors (Lipinski definition) is 0. The molecular formula is C30H37NO2S. The van der Waals surface area contributed by atoms with Crippen molar-refractivity contribution in [3.63, 3.8) is 0 Å². The Bertz CT molecular complexity index is 1110. The number of esters is 1. The third-order valence-corrected chi connectivity index (χ3v) is 11.2.